The van der Waals surface area contributed by atoms with Crippen LogP contribution in [0, 0.1) is 6.92 Å². The lowest BCUT2D eigenvalue weighted by atomic mass is 10.1. The minimum absolute atomic E-state index is 0.0866. The SMILES string of the molecule is Cc1ncccc1CN1CCc2nc(-c3cncnc3)[nH]c(=O)c2C1. The van der Waals surface area contributed by atoms with Gasteiger partial charge in [0.25, 0.3) is 5.56 Å². The van der Waals surface area contributed by atoms with Crippen LogP contribution in [0.3, 0.4) is 0 Å². The first kappa shape index (κ1) is 15.6. The number of aromatic nitrogens is 5. The molecule has 0 amide bonds. The molecule has 4 rings (SSSR count). The zero-order valence-electron chi connectivity index (χ0n) is 13.9. The minimum atomic E-state index is -0.0866. The number of nitrogens with zero attached hydrogens (tertiary/aromatic N) is 5. The number of pyridine rings is 1. The van der Waals surface area contributed by atoms with Crippen LogP contribution < -0.4 is 5.56 Å². The fraction of sp³-hybridized carbons (Fsp3) is 0.278. The zero-order valence-corrected chi connectivity index (χ0v) is 13.9. The van der Waals surface area contributed by atoms with Crippen molar-refractivity contribution >= 4 is 0 Å². The van der Waals surface area contributed by atoms with E-state index in [-0.39, 0.29) is 5.56 Å². The molecule has 0 spiro atoms. The molecule has 0 aliphatic carbocycles. The Hall–Kier alpha value is -2.93. The summed E-state index contributed by atoms with van der Waals surface area (Å²) in [7, 11) is 0. The maximum Gasteiger partial charge on any atom is 0.255 e. The van der Waals surface area contributed by atoms with Gasteiger partial charge in [0, 0.05) is 50.3 Å². The molecule has 3 aromatic rings. The number of fused-ring (bicyclic) bond motifs is 1. The van der Waals surface area contributed by atoms with Gasteiger partial charge in [0.15, 0.2) is 0 Å². The van der Waals surface area contributed by atoms with E-state index in [2.05, 4.69) is 35.9 Å². The highest BCUT2D eigenvalue weighted by atomic mass is 16.1. The first-order valence-corrected chi connectivity index (χ1v) is 8.21. The van der Waals surface area contributed by atoms with Crippen LogP contribution in [0.4, 0.5) is 0 Å². The molecule has 1 aliphatic heterocycles. The van der Waals surface area contributed by atoms with Crippen molar-refractivity contribution in [3.63, 3.8) is 0 Å². The van der Waals surface area contributed by atoms with Crippen LogP contribution in [0.25, 0.3) is 11.4 Å². The molecule has 7 nitrogen and oxygen atoms in total. The quantitative estimate of drug-likeness (QED) is 0.781. The largest absolute Gasteiger partial charge is 0.306 e. The van der Waals surface area contributed by atoms with E-state index in [0.29, 0.717) is 12.4 Å². The molecule has 0 fully saturated rings. The van der Waals surface area contributed by atoms with Crippen molar-refractivity contribution < 1.29 is 0 Å². The molecule has 7 heteroatoms. The van der Waals surface area contributed by atoms with E-state index in [1.165, 1.54) is 11.9 Å². The van der Waals surface area contributed by atoms with Crippen molar-refractivity contribution in [1.82, 2.24) is 29.8 Å². The summed E-state index contributed by atoms with van der Waals surface area (Å²) in [6.07, 6.45) is 7.31. The van der Waals surface area contributed by atoms with E-state index in [9.17, 15) is 4.79 Å². The van der Waals surface area contributed by atoms with Gasteiger partial charge in [-0.2, -0.15) is 0 Å². The van der Waals surface area contributed by atoms with Crippen LogP contribution in [-0.2, 0) is 19.5 Å². The van der Waals surface area contributed by atoms with Crippen LogP contribution in [0.15, 0.2) is 41.8 Å². The first-order chi connectivity index (χ1) is 12.2. The second-order valence-corrected chi connectivity index (χ2v) is 6.18. The summed E-state index contributed by atoms with van der Waals surface area (Å²) in [5.41, 5.74) is 4.45. The highest BCUT2D eigenvalue weighted by Crippen LogP contribution is 2.19. The molecule has 0 saturated carbocycles. The van der Waals surface area contributed by atoms with Crippen molar-refractivity contribution in [3.05, 3.63) is 69.9 Å². The molecule has 0 aromatic carbocycles. The number of rotatable bonds is 3. The molecular weight excluding hydrogens is 316 g/mol. The molecule has 0 atom stereocenters. The number of nitrogens with one attached hydrogen (secondary N) is 1. The van der Waals surface area contributed by atoms with Gasteiger partial charge in [0.1, 0.15) is 12.2 Å². The Kier molecular flexibility index (Phi) is 4.07. The summed E-state index contributed by atoms with van der Waals surface area (Å²) in [4.78, 5) is 34.6. The number of H-pyrrole nitrogens is 1. The molecule has 126 valence electrons. The molecule has 1 aliphatic rings. The van der Waals surface area contributed by atoms with Crippen molar-refractivity contribution in [2.75, 3.05) is 6.54 Å². The van der Waals surface area contributed by atoms with Gasteiger partial charge in [0.05, 0.1) is 16.8 Å². The normalized spacial score (nSPS) is 14.3. The smallest absolute Gasteiger partial charge is 0.255 e. The van der Waals surface area contributed by atoms with Gasteiger partial charge >= 0.3 is 0 Å². The van der Waals surface area contributed by atoms with E-state index >= 15 is 0 Å². The maximum absolute atomic E-state index is 12.5. The molecule has 4 heterocycles. The predicted molar refractivity (Wildman–Crippen MR) is 92.7 cm³/mol. The van der Waals surface area contributed by atoms with Crippen LogP contribution >= 0.6 is 0 Å². The van der Waals surface area contributed by atoms with Gasteiger partial charge in [-0.1, -0.05) is 6.07 Å². The molecular formula is C18H18N6O. The Morgan fingerprint density at radius 2 is 2.12 bits per heavy atom. The molecule has 0 radical (unpaired) electrons. The topological polar surface area (TPSA) is 87.7 Å². The molecule has 25 heavy (non-hydrogen) atoms. The first-order valence-electron chi connectivity index (χ1n) is 8.21. The summed E-state index contributed by atoms with van der Waals surface area (Å²) in [5, 5.41) is 0. The van der Waals surface area contributed by atoms with Gasteiger partial charge in [-0.25, -0.2) is 15.0 Å². The monoisotopic (exact) mass is 334 g/mol. The molecule has 3 aromatic heterocycles. The Morgan fingerprint density at radius 3 is 2.92 bits per heavy atom. The fourth-order valence-corrected chi connectivity index (χ4v) is 3.10. The van der Waals surface area contributed by atoms with Gasteiger partial charge in [-0.15, -0.1) is 0 Å². The zero-order chi connectivity index (χ0) is 17.2. The van der Waals surface area contributed by atoms with Crippen molar-refractivity contribution in [3.8, 4) is 11.4 Å². The Balaban J connectivity index is 1.60. The Morgan fingerprint density at radius 1 is 1.28 bits per heavy atom. The van der Waals surface area contributed by atoms with Crippen LogP contribution in [0.5, 0.6) is 0 Å². The van der Waals surface area contributed by atoms with Crippen LogP contribution in [0.1, 0.15) is 22.5 Å². The molecule has 1 N–H and O–H groups in total. The maximum atomic E-state index is 12.5. The average molecular weight is 334 g/mol. The number of aryl methyl sites for hydroxylation is 1. The van der Waals surface area contributed by atoms with Crippen LogP contribution in [-0.4, -0.2) is 36.4 Å². The standard InChI is InChI=1S/C18H18N6O/c1-12-13(3-2-5-21-12)9-24-6-4-16-15(10-24)18(25)23-17(22-16)14-7-19-11-20-8-14/h2-3,5,7-8,11H,4,6,9-10H2,1H3,(H,22,23,25). The van der Waals surface area contributed by atoms with Gasteiger partial charge in [0.2, 0.25) is 0 Å². The average Bonchev–Trinajstić information content (AvgIpc) is 2.65. The van der Waals surface area contributed by atoms with Crippen molar-refractivity contribution in [1.29, 1.82) is 0 Å². The lowest BCUT2D eigenvalue weighted by molar-refractivity contribution is 0.241. The fourth-order valence-electron chi connectivity index (χ4n) is 3.10. The highest BCUT2D eigenvalue weighted by Gasteiger charge is 2.22. The van der Waals surface area contributed by atoms with Crippen molar-refractivity contribution in [2.45, 2.75) is 26.4 Å². The second kappa shape index (κ2) is 6.52. The third-order valence-corrected chi connectivity index (χ3v) is 4.49. The molecule has 0 unspecified atom stereocenters. The van der Waals surface area contributed by atoms with Gasteiger partial charge in [-0.05, 0) is 18.6 Å². The summed E-state index contributed by atoms with van der Waals surface area (Å²) in [6, 6.07) is 4.03. The van der Waals surface area contributed by atoms with Gasteiger partial charge < -0.3 is 4.98 Å². The predicted octanol–water partition coefficient (Wildman–Crippen LogP) is 1.49. The lowest BCUT2D eigenvalue weighted by Crippen LogP contribution is -2.35. The van der Waals surface area contributed by atoms with Gasteiger partial charge in [-0.3, -0.25) is 14.7 Å². The molecule has 0 bridgehead atoms. The number of aromatic amines is 1. The summed E-state index contributed by atoms with van der Waals surface area (Å²) in [6.45, 7) is 4.25. The third-order valence-electron chi connectivity index (χ3n) is 4.49. The number of hydrogen-bond donors (Lipinski definition) is 1. The van der Waals surface area contributed by atoms with E-state index < -0.39 is 0 Å². The third kappa shape index (κ3) is 3.18. The minimum Gasteiger partial charge on any atom is -0.306 e. The summed E-state index contributed by atoms with van der Waals surface area (Å²) < 4.78 is 0. The Bertz CT molecular complexity index is 953. The Labute approximate surface area is 144 Å². The molecule has 0 saturated heterocycles. The summed E-state index contributed by atoms with van der Waals surface area (Å²) in [5.74, 6) is 0.529. The second-order valence-electron chi connectivity index (χ2n) is 6.18. The van der Waals surface area contributed by atoms with E-state index in [1.807, 2.05) is 13.0 Å². The number of hydrogen-bond acceptors (Lipinski definition) is 6. The highest BCUT2D eigenvalue weighted by molar-refractivity contribution is 5.52. The van der Waals surface area contributed by atoms with E-state index in [1.54, 1.807) is 18.6 Å². The van der Waals surface area contributed by atoms with E-state index in [4.69, 9.17) is 0 Å². The van der Waals surface area contributed by atoms with Crippen molar-refractivity contribution in [2.24, 2.45) is 0 Å². The summed E-state index contributed by atoms with van der Waals surface area (Å²) >= 11 is 0. The van der Waals surface area contributed by atoms with Crippen LogP contribution in [0.2, 0.25) is 0 Å². The lowest BCUT2D eigenvalue weighted by Gasteiger charge is -2.28. The van der Waals surface area contributed by atoms with E-state index in [0.717, 1.165) is 42.0 Å².